The summed E-state index contributed by atoms with van der Waals surface area (Å²) >= 11 is 12.2. The zero-order valence-corrected chi connectivity index (χ0v) is 14.6. The van der Waals surface area contributed by atoms with Crippen molar-refractivity contribution in [1.82, 2.24) is 0 Å². The van der Waals surface area contributed by atoms with Crippen LogP contribution in [0.2, 0.25) is 10.0 Å². The highest BCUT2D eigenvalue weighted by atomic mass is 35.5. The number of carbonyl (C=O) groups is 1. The van der Waals surface area contributed by atoms with Crippen LogP contribution < -0.4 is 0 Å². The van der Waals surface area contributed by atoms with E-state index < -0.39 is 5.97 Å². The lowest BCUT2D eigenvalue weighted by atomic mass is 10.2. The first-order valence-electron chi connectivity index (χ1n) is 7.56. The van der Waals surface area contributed by atoms with Gasteiger partial charge < -0.3 is 9.15 Å². The van der Waals surface area contributed by atoms with Crippen molar-refractivity contribution in [3.05, 3.63) is 88.1 Å². The van der Waals surface area contributed by atoms with E-state index in [1.54, 1.807) is 30.3 Å². The standard InChI is InChI=1S/C20H14Cl2O3/c21-17-8-4-7-16(20(17)22)18-11-10-15(25-18)13-24-19(23)12-9-14-5-2-1-3-6-14/h1-12H,13H2. The minimum Gasteiger partial charge on any atom is -0.457 e. The molecule has 0 saturated heterocycles. The molecule has 0 unspecified atom stereocenters. The summed E-state index contributed by atoms with van der Waals surface area (Å²) in [5.41, 5.74) is 1.62. The number of esters is 1. The average Bonchev–Trinajstić information content (AvgIpc) is 3.10. The molecule has 2 aromatic carbocycles. The summed E-state index contributed by atoms with van der Waals surface area (Å²) in [4.78, 5) is 11.8. The SMILES string of the molecule is O=C(C=Cc1ccccc1)OCc1ccc(-c2cccc(Cl)c2Cl)o1. The summed E-state index contributed by atoms with van der Waals surface area (Å²) in [5.74, 6) is 0.647. The van der Waals surface area contributed by atoms with Crippen LogP contribution in [0.5, 0.6) is 0 Å². The van der Waals surface area contributed by atoms with Crippen molar-refractivity contribution in [2.45, 2.75) is 6.61 Å². The highest BCUT2D eigenvalue weighted by Gasteiger charge is 2.11. The van der Waals surface area contributed by atoms with Gasteiger partial charge in [-0.3, -0.25) is 0 Å². The molecule has 3 nitrogen and oxygen atoms in total. The molecule has 1 aromatic heterocycles. The summed E-state index contributed by atoms with van der Waals surface area (Å²) in [5, 5.41) is 0.877. The molecule has 0 saturated carbocycles. The smallest absolute Gasteiger partial charge is 0.331 e. The van der Waals surface area contributed by atoms with Gasteiger partial charge in [-0.25, -0.2) is 4.79 Å². The van der Waals surface area contributed by atoms with Crippen LogP contribution in [0.15, 0.2) is 71.2 Å². The summed E-state index contributed by atoms with van der Waals surface area (Å²) in [7, 11) is 0. The second kappa shape index (κ2) is 8.06. The molecular weight excluding hydrogens is 359 g/mol. The topological polar surface area (TPSA) is 39.4 Å². The van der Waals surface area contributed by atoms with Crippen LogP contribution in [0.25, 0.3) is 17.4 Å². The van der Waals surface area contributed by atoms with Gasteiger partial charge in [0.05, 0.1) is 10.0 Å². The van der Waals surface area contributed by atoms with Crippen molar-refractivity contribution >= 4 is 35.2 Å². The van der Waals surface area contributed by atoms with Crippen LogP contribution >= 0.6 is 23.2 Å². The monoisotopic (exact) mass is 372 g/mol. The number of hydrogen-bond acceptors (Lipinski definition) is 3. The zero-order valence-electron chi connectivity index (χ0n) is 13.1. The maximum atomic E-state index is 11.8. The Morgan fingerprint density at radius 1 is 1.00 bits per heavy atom. The summed E-state index contributed by atoms with van der Waals surface area (Å²) < 4.78 is 10.8. The number of furan rings is 1. The molecule has 25 heavy (non-hydrogen) atoms. The number of hydrogen-bond donors (Lipinski definition) is 0. The molecular formula is C20H14Cl2O3. The molecule has 0 aliphatic rings. The van der Waals surface area contributed by atoms with Gasteiger partial charge in [0, 0.05) is 11.6 Å². The van der Waals surface area contributed by atoms with Crippen molar-refractivity contribution in [2.75, 3.05) is 0 Å². The van der Waals surface area contributed by atoms with Gasteiger partial charge >= 0.3 is 5.97 Å². The van der Waals surface area contributed by atoms with Gasteiger partial charge in [0.1, 0.15) is 18.1 Å². The Bertz CT molecular complexity index is 898. The van der Waals surface area contributed by atoms with Crippen LogP contribution in [-0.2, 0) is 16.1 Å². The van der Waals surface area contributed by atoms with Crippen molar-refractivity contribution in [1.29, 1.82) is 0 Å². The third-order valence-corrected chi connectivity index (χ3v) is 4.27. The number of halogens is 2. The molecule has 1 heterocycles. The molecule has 3 rings (SSSR count). The van der Waals surface area contributed by atoms with Crippen molar-refractivity contribution in [3.63, 3.8) is 0 Å². The Labute approximate surface area is 155 Å². The average molecular weight is 373 g/mol. The maximum Gasteiger partial charge on any atom is 0.331 e. The van der Waals surface area contributed by atoms with Gasteiger partial charge in [0.2, 0.25) is 0 Å². The van der Waals surface area contributed by atoms with E-state index >= 15 is 0 Å². The first-order valence-corrected chi connectivity index (χ1v) is 8.32. The van der Waals surface area contributed by atoms with Gasteiger partial charge in [-0.1, -0.05) is 59.6 Å². The molecule has 0 amide bonds. The Morgan fingerprint density at radius 2 is 1.80 bits per heavy atom. The molecule has 0 N–H and O–H groups in total. The van der Waals surface area contributed by atoms with E-state index in [2.05, 4.69) is 0 Å². The quantitative estimate of drug-likeness (QED) is 0.406. The Hall–Kier alpha value is -2.49. The van der Waals surface area contributed by atoms with E-state index in [-0.39, 0.29) is 6.61 Å². The molecule has 126 valence electrons. The van der Waals surface area contributed by atoms with E-state index in [9.17, 15) is 4.79 Å². The van der Waals surface area contributed by atoms with E-state index in [1.165, 1.54) is 6.08 Å². The highest BCUT2D eigenvalue weighted by Crippen LogP contribution is 2.34. The normalized spacial score (nSPS) is 11.0. The van der Waals surface area contributed by atoms with E-state index in [0.29, 0.717) is 27.1 Å². The fourth-order valence-electron chi connectivity index (χ4n) is 2.21. The van der Waals surface area contributed by atoms with Crippen LogP contribution in [0.1, 0.15) is 11.3 Å². The van der Waals surface area contributed by atoms with Crippen LogP contribution in [0.4, 0.5) is 0 Å². The van der Waals surface area contributed by atoms with Gasteiger partial charge in [-0.05, 0) is 35.9 Å². The second-order valence-electron chi connectivity index (χ2n) is 5.22. The van der Waals surface area contributed by atoms with Gasteiger partial charge in [0.25, 0.3) is 0 Å². The fraction of sp³-hybridized carbons (Fsp3) is 0.0500. The van der Waals surface area contributed by atoms with Gasteiger partial charge in [-0.2, -0.15) is 0 Å². The lowest BCUT2D eigenvalue weighted by Crippen LogP contribution is -1.99. The van der Waals surface area contributed by atoms with E-state index in [0.717, 1.165) is 5.56 Å². The van der Waals surface area contributed by atoms with Gasteiger partial charge in [0.15, 0.2) is 0 Å². The Morgan fingerprint density at radius 3 is 2.60 bits per heavy atom. The minimum absolute atomic E-state index is 0.0378. The zero-order chi connectivity index (χ0) is 17.6. The molecule has 3 aromatic rings. The molecule has 0 radical (unpaired) electrons. The second-order valence-corrected chi connectivity index (χ2v) is 6.00. The Kier molecular flexibility index (Phi) is 5.59. The molecule has 0 bridgehead atoms. The number of carbonyl (C=O) groups excluding carboxylic acids is 1. The lowest BCUT2D eigenvalue weighted by molar-refractivity contribution is -0.139. The lowest BCUT2D eigenvalue weighted by Gasteiger charge is -2.03. The molecule has 0 fully saturated rings. The number of benzene rings is 2. The molecule has 0 atom stereocenters. The first kappa shape index (κ1) is 17.3. The Balaban J connectivity index is 1.61. The van der Waals surface area contributed by atoms with Crippen LogP contribution in [0, 0.1) is 0 Å². The minimum atomic E-state index is -0.442. The van der Waals surface area contributed by atoms with Crippen molar-refractivity contribution in [2.24, 2.45) is 0 Å². The third kappa shape index (κ3) is 4.53. The maximum absolute atomic E-state index is 11.8. The van der Waals surface area contributed by atoms with Crippen LogP contribution in [-0.4, -0.2) is 5.97 Å². The molecule has 0 spiro atoms. The largest absolute Gasteiger partial charge is 0.457 e. The third-order valence-electron chi connectivity index (χ3n) is 3.45. The molecule has 0 aliphatic heterocycles. The van der Waals surface area contributed by atoms with Crippen molar-refractivity contribution < 1.29 is 13.9 Å². The predicted molar refractivity (Wildman–Crippen MR) is 99.4 cm³/mol. The summed E-state index contributed by atoms with van der Waals surface area (Å²) in [6, 6.07) is 18.3. The van der Waals surface area contributed by atoms with E-state index in [1.807, 2.05) is 36.4 Å². The predicted octanol–water partition coefficient (Wildman–Crippen LogP) is 6.01. The molecule has 0 aliphatic carbocycles. The highest BCUT2D eigenvalue weighted by molar-refractivity contribution is 6.43. The van der Waals surface area contributed by atoms with Gasteiger partial charge in [-0.15, -0.1) is 0 Å². The number of ether oxygens (including phenoxy) is 1. The summed E-state index contributed by atoms with van der Waals surface area (Å²) in [6.45, 7) is 0.0378. The first-order chi connectivity index (χ1) is 12.1. The van der Waals surface area contributed by atoms with E-state index in [4.69, 9.17) is 32.4 Å². The fourth-order valence-corrected chi connectivity index (χ4v) is 2.61. The summed E-state index contributed by atoms with van der Waals surface area (Å²) in [6.07, 6.45) is 3.08. The van der Waals surface area contributed by atoms with Crippen LogP contribution in [0.3, 0.4) is 0 Å². The molecule has 5 heteroatoms. The number of rotatable bonds is 5. The van der Waals surface area contributed by atoms with Crippen molar-refractivity contribution in [3.8, 4) is 11.3 Å².